The Morgan fingerprint density at radius 2 is 1.88 bits per heavy atom. The van der Waals surface area contributed by atoms with Gasteiger partial charge in [-0.25, -0.2) is 8.78 Å². The van der Waals surface area contributed by atoms with Gasteiger partial charge < -0.3 is 5.11 Å². The number of hydrogen-bond donors (Lipinski definition) is 1. The summed E-state index contributed by atoms with van der Waals surface area (Å²) in [5.74, 6) is -5.66. The fraction of sp³-hybridized carbons (Fsp3) is 0.522. The van der Waals surface area contributed by atoms with Crippen LogP contribution in [0.1, 0.15) is 66.6 Å². The maximum Gasteiger partial charge on any atom is 0.416 e. The molecule has 2 fully saturated rings. The first-order valence-electron chi connectivity index (χ1n) is 10.8. The molecule has 1 N–H and O–H groups in total. The SMILES string of the molecule is O=C(c1nn(CC2(c3cccc(C(F)(F)F)c3)CCCC2)cc(O)c1=O)C1CCC(F)(F)C1. The quantitative estimate of drug-likeness (QED) is 0.488. The molecule has 1 aromatic heterocycles. The number of Topliss-reactive ketones (excluding diaryl/α,β-unsaturated/α-hetero) is 1. The Morgan fingerprint density at radius 3 is 2.48 bits per heavy atom. The van der Waals surface area contributed by atoms with E-state index >= 15 is 0 Å². The van der Waals surface area contributed by atoms with E-state index < -0.39 is 64.5 Å². The van der Waals surface area contributed by atoms with Crippen LogP contribution in [0.5, 0.6) is 5.75 Å². The second-order valence-corrected chi connectivity index (χ2v) is 9.12. The standard InChI is InChI=1S/C23H23F5N2O3/c24-22(25)9-6-14(11-22)19(32)18-20(33)17(31)12-30(29-18)13-21(7-1-2-8-21)15-4-3-5-16(10-15)23(26,27)28/h3-5,10,12,14,31H,1-2,6-9,11,13H2. The normalized spacial score (nSPS) is 21.9. The minimum atomic E-state index is -4.51. The molecule has 1 heterocycles. The molecule has 0 radical (unpaired) electrons. The molecular formula is C23H23F5N2O3. The van der Waals surface area contributed by atoms with E-state index in [9.17, 15) is 36.6 Å². The fourth-order valence-electron chi connectivity index (χ4n) is 5.06. The van der Waals surface area contributed by atoms with Crippen LogP contribution in [0.15, 0.2) is 35.3 Å². The largest absolute Gasteiger partial charge is 0.503 e. The van der Waals surface area contributed by atoms with Crippen molar-refractivity contribution in [1.29, 1.82) is 0 Å². The summed E-state index contributed by atoms with van der Waals surface area (Å²) in [6, 6.07) is 5.03. The molecule has 33 heavy (non-hydrogen) atoms. The Hall–Kier alpha value is -2.78. The highest BCUT2D eigenvalue weighted by Gasteiger charge is 2.44. The predicted octanol–water partition coefficient (Wildman–Crippen LogP) is 5.10. The third-order valence-corrected chi connectivity index (χ3v) is 6.78. The fourth-order valence-corrected chi connectivity index (χ4v) is 5.06. The highest BCUT2D eigenvalue weighted by Crippen LogP contribution is 2.44. The molecule has 2 aliphatic rings. The molecule has 178 valence electrons. The van der Waals surface area contributed by atoms with Gasteiger partial charge in [0.1, 0.15) is 0 Å². The van der Waals surface area contributed by atoms with Crippen LogP contribution in [0.4, 0.5) is 22.0 Å². The number of rotatable bonds is 5. The van der Waals surface area contributed by atoms with Crippen LogP contribution >= 0.6 is 0 Å². The van der Waals surface area contributed by atoms with Gasteiger partial charge in [0.05, 0.1) is 18.3 Å². The van der Waals surface area contributed by atoms with Crippen LogP contribution < -0.4 is 5.43 Å². The number of aromatic nitrogens is 2. The first-order chi connectivity index (χ1) is 15.4. The Balaban J connectivity index is 1.69. The summed E-state index contributed by atoms with van der Waals surface area (Å²) >= 11 is 0. The van der Waals surface area contributed by atoms with Crippen LogP contribution in [0, 0.1) is 5.92 Å². The minimum absolute atomic E-state index is 0.0310. The first-order valence-corrected chi connectivity index (χ1v) is 10.8. The second-order valence-electron chi connectivity index (χ2n) is 9.12. The van der Waals surface area contributed by atoms with E-state index in [1.54, 1.807) is 6.07 Å². The van der Waals surface area contributed by atoms with Gasteiger partial charge in [0.2, 0.25) is 5.92 Å². The van der Waals surface area contributed by atoms with E-state index in [0.717, 1.165) is 31.2 Å². The number of hydrogen-bond acceptors (Lipinski definition) is 4. The molecule has 1 unspecified atom stereocenters. The van der Waals surface area contributed by atoms with Crippen molar-refractivity contribution in [3.05, 3.63) is 57.5 Å². The molecule has 0 aliphatic heterocycles. The molecule has 1 aromatic carbocycles. The molecule has 1 atom stereocenters. The van der Waals surface area contributed by atoms with Crippen molar-refractivity contribution >= 4 is 5.78 Å². The second kappa shape index (κ2) is 8.22. The number of ketones is 1. The van der Waals surface area contributed by atoms with Crippen molar-refractivity contribution in [3.63, 3.8) is 0 Å². The first kappa shape index (κ1) is 23.4. The third-order valence-electron chi connectivity index (χ3n) is 6.78. The topological polar surface area (TPSA) is 72.2 Å². The van der Waals surface area contributed by atoms with E-state index in [2.05, 4.69) is 5.10 Å². The summed E-state index contributed by atoms with van der Waals surface area (Å²) in [7, 11) is 0. The molecule has 0 bridgehead atoms. The molecule has 10 heteroatoms. The van der Waals surface area contributed by atoms with E-state index in [-0.39, 0.29) is 13.0 Å². The smallest absolute Gasteiger partial charge is 0.416 e. The average molecular weight is 470 g/mol. The Kier molecular flexibility index (Phi) is 5.82. The van der Waals surface area contributed by atoms with Crippen LogP contribution in [0.3, 0.4) is 0 Å². The zero-order valence-corrected chi connectivity index (χ0v) is 17.7. The predicted molar refractivity (Wildman–Crippen MR) is 108 cm³/mol. The van der Waals surface area contributed by atoms with Crippen molar-refractivity contribution in [2.75, 3.05) is 0 Å². The monoisotopic (exact) mass is 470 g/mol. The van der Waals surface area contributed by atoms with Gasteiger partial charge in [0.15, 0.2) is 17.2 Å². The Bertz CT molecular complexity index is 1120. The van der Waals surface area contributed by atoms with Crippen molar-refractivity contribution in [1.82, 2.24) is 9.78 Å². The summed E-state index contributed by atoms with van der Waals surface area (Å²) in [6.07, 6.45) is -2.05. The van der Waals surface area contributed by atoms with Crippen LogP contribution in [0.25, 0.3) is 0 Å². The van der Waals surface area contributed by atoms with Crippen molar-refractivity contribution in [2.45, 2.75) is 69.0 Å². The van der Waals surface area contributed by atoms with E-state index in [1.165, 1.54) is 10.7 Å². The lowest BCUT2D eigenvalue weighted by atomic mass is 9.78. The Labute approximate surface area is 186 Å². The molecule has 2 aromatic rings. The van der Waals surface area contributed by atoms with Gasteiger partial charge in [-0.2, -0.15) is 18.3 Å². The molecule has 5 nitrogen and oxygen atoms in total. The van der Waals surface area contributed by atoms with Crippen molar-refractivity contribution < 1.29 is 31.9 Å². The number of alkyl halides is 5. The number of carbonyl (C=O) groups is 1. The summed E-state index contributed by atoms with van der Waals surface area (Å²) in [5.41, 5.74) is -2.71. The van der Waals surface area contributed by atoms with Gasteiger partial charge >= 0.3 is 6.18 Å². The lowest BCUT2D eigenvalue weighted by Crippen LogP contribution is -2.33. The molecular weight excluding hydrogens is 447 g/mol. The zero-order chi connectivity index (χ0) is 24.0. The number of aromatic hydroxyl groups is 1. The van der Waals surface area contributed by atoms with Gasteiger partial charge in [-0.3, -0.25) is 14.3 Å². The highest BCUT2D eigenvalue weighted by atomic mass is 19.4. The van der Waals surface area contributed by atoms with Crippen LogP contribution in [-0.4, -0.2) is 26.6 Å². The van der Waals surface area contributed by atoms with Crippen molar-refractivity contribution in [2.24, 2.45) is 5.92 Å². The van der Waals surface area contributed by atoms with E-state index in [4.69, 9.17) is 0 Å². The average Bonchev–Trinajstić information content (AvgIpc) is 3.36. The summed E-state index contributed by atoms with van der Waals surface area (Å²) in [4.78, 5) is 25.1. The van der Waals surface area contributed by atoms with Gasteiger partial charge in [-0.1, -0.05) is 31.0 Å². The lowest BCUT2D eigenvalue weighted by Gasteiger charge is -2.31. The zero-order valence-electron chi connectivity index (χ0n) is 17.7. The van der Waals surface area contributed by atoms with Gasteiger partial charge in [-0.05, 0) is 30.9 Å². The van der Waals surface area contributed by atoms with Crippen LogP contribution in [0.2, 0.25) is 0 Å². The molecule has 2 aliphatic carbocycles. The minimum Gasteiger partial charge on any atom is -0.503 e. The lowest BCUT2D eigenvalue weighted by molar-refractivity contribution is -0.137. The summed E-state index contributed by atoms with van der Waals surface area (Å²) in [6.45, 7) is 0.0310. The van der Waals surface area contributed by atoms with Crippen molar-refractivity contribution in [3.8, 4) is 5.75 Å². The van der Waals surface area contributed by atoms with Gasteiger partial charge in [-0.15, -0.1) is 0 Å². The maximum atomic E-state index is 13.6. The van der Waals surface area contributed by atoms with Crippen LogP contribution in [-0.2, 0) is 18.1 Å². The maximum absolute atomic E-state index is 13.6. The van der Waals surface area contributed by atoms with Gasteiger partial charge in [0, 0.05) is 24.2 Å². The number of halogens is 5. The molecule has 2 saturated carbocycles. The molecule has 0 spiro atoms. The van der Waals surface area contributed by atoms with E-state index in [1.807, 2.05) is 0 Å². The Morgan fingerprint density at radius 1 is 1.18 bits per heavy atom. The summed E-state index contributed by atoms with van der Waals surface area (Å²) in [5, 5.41) is 14.2. The third kappa shape index (κ3) is 4.65. The summed E-state index contributed by atoms with van der Waals surface area (Å²) < 4.78 is 68.1. The number of nitrogens with zero attached hydrogens (tertiary/aromatic N) is 2. The highest BCUT2D eigenvalue weighted by molar-refractivity contribution is 5.96. The number of carbonyl (C=O) groups excluding carboxylic acids is 1. The molecule has 0 amide bonds. The van der Waals surface area contributed by atoms with E-state index in [0.29, 0.717) is 18.4 Å². The van der Waals surface area contributed by atoms with Gasteiger partial charge in [0.25, 0.3) is 5.43 Å². The molecule has 0 saturated heterocycles. The molecule has 4 rings (SSSR count). The number of benzene rings is 1.